The Bertz CT molecular complexity index is 726. The summed E-state index contributed by atoms with van der Waals surface area (Å²) in [6, 6.07) is 0.0228. The van der Waals surface area contributed by atoms with Gasteiger partial charge in [0.1, 0.15) is 17.6 Å². The molecule has 1 aliphatic carbocycles. The summed E-state index contributed by atoms with van der Waals surface area (Å²) in [6.45, 7) is 7.94. The van der Waals surface area contributed by atoms with Gasteiger partial charge in [0.25, 0.3) is 0 Å². The van der Waals surface area contributed by atoms with E-state index in [0.29, 0.717) is 11.9 Å². The molecular weight excluding hydrogens is 316 g/mol. The van der Waals surface area contributed by atoms with Gasteiger partial charge in [-0.05, 0) is 33.1 Å². The molecule has 0 bridgehead atoms. The normalized spacial score (nSPS) is 23.4. The third-order valence-electron chi connectivity index (χ3n) is 5.30. The van der Waals surface area contributed by atoms with E-state index in [-0.39, 0.29) is 18.0 Å². The van der Waals surface area contributed by atoms with Gasteiger partial charge in [0.2, 0.25) is 11.9 Å². The fourth-order valence-electron chi connectivity index (χ4n) is 3.86. The Labute approximate surface area is 148 Å². The molecule has 1 saturated carbocycles. The zero-order valence-corrected chi connectivity index (χ0v) is 15.4. The van der Waals surface area contributed by atoms with Crippen LogP contribution in [0.2, 0.25) is 0 Å². The number of hydrogen-bond donors (Lipinski definition) is 0. The number of nitrogens with zero attached hydrogens (tertiary/aromatic N) is 6. The van der Waals surface area contributed by atoms with Crippen molar-refractivity contribution in [2.45, 2.75) is 52.1 Å². The molecule has 0 saturated heterocycles. The van der Waals surface area contributed by atoms with Crippen molar-refractivity contribution in [1.82, 2.24) is 9.97 Å². The zero-order chi connectivity index (χ0) is 17.7. The molecule has 0 radical (unpaired) electrons. The predicted octanol–water partition coefficient (Wildman–Crippen LogP) is 2.07. The second kappa shape index (κ2) is 5.97. The van der Waals surface area contributed by atoms with Gasteiger partial charge in [-0.3, -0.25) is 14.7 Å². The van der Waals surface area contributed by atoms with Gasteiger partial charge in [-0.2, -0.15) is 4.98 Å². The summed E-state index contributed by atoms with van der Waals surface area (Å²) < 4.78 is 0. The van der Waals surface area contributed by atoms with E-state index in [1.54, 1.807) is 11.1 Å². The first kappa shape index (κ1) is 16.3. The Hall–Kier alpha value is -2.18. The molecule has 1 aromatic heterocycles. The van der Waals surface area contributed by atoms with Crippen molar-refractivity contribution in [3.63, 3.8) is 0 Å². The summed E-state index contributed by atoms with van der Waals surface area (Å²) in [7, 11) is 1.82. The highest BCUT2D eigenvalue weighted by Gasteiger charge is 2.40. The van der Waals surface area contributed by atoms with Crippen LogP contribution in [-0.2, 0) is 4.79 Å². The summed E-state index contributed by atoms with van der Waals surface area (Å²) in [5.41, 5.74) is 0.788. The van der Waals surface area contributed by atoms with Gasteiger partial charge in [-0.15, -0.1) is 0 Å². The van der Waals surface area contributed by atoms with E-state index in [9.17, 15) is 4.79 Å². The first-order valence-electron chi connectivity index (χ1n) is 9.27. The fourth-order valence-corrected chi connectivity index (χ4v) is 3.86. The molecule has 0 spiro atoms. The molecule has 1 amide bonds. The van der Waals surface area contributed by atoms with E-state index in [0.717, 1.165) is 36.9 Å². The SMILES string of the molecule is CCC1C(=O)N(C)c2cnc(N3CCN=C3C3CC3)nc2N1C(C)C. The van der Waals surface area contributed by atoms with Gasteiger partial charge in [0.15, 0.2) is 5.82 Å². The number of amides is 1. The van der Waals surface area contributed by atoms with E-state index >= 15 is 0 Å². The van der Waals surface area contributed by atoms with Crippen molar-refractivity contribution in [3.8, 4) is 0 Å². The Kier molecular flexibility index (Phi) is 3.89. The Balaban J connectivity index is 1.76. The molecule has 134 valence electrons. The van der Waals surface area contributed by atoms with Crippen LogP contribution >= 0.6 is 0 Å². The minimum atomic E-state index is -0.171. The van der Waals surface area contributed by atoms with Crippen molar-refractivity contribution >= 4 is 29.2 Å². The number of carbonyl (C=O) groups is 1. The summed E-state index contributed by atoms with van der Waals surface area (Å²) >= 11 is 0. The number of hydrogen-bond acceptors (Lipinski definition) is 6. The number of rotatable bonds is 4. The van der Waals surface area contributed by atoms with E-state index in [1.165, 1.54) is 12.8 Å². The van der Waals surface area contributed by atoms with E-state index in [4.69, 9.17) is 4.98 Å². The molecule has 1 aromatic rings. The minimum Gasteiger partial charge on any atom is -0.340 e. The molecule has 7 heteroatoms. The lowest BCUT2D eigenvalue weighted by Gasteiger charge is -2.42. The highest BCUT2D eigenvalue weighted by Crippen LogP contribution is 2.38. The highest BCUT2D eigenvalue weighted by molar-refractivity contribution is 6.05. The van der Waals surface area contributed by atoms with Gasteiger partial charge in [-0.1, -0.05) is 6.92 Å². The Morgan fingerprint density at radius 3 is 2.72 bits per heavy atom. The number of aromatic nitrogens is 2. The molecule has 3 heterocycles. The monoisotopic (exact) mass is 342 g/mol. The molecule has 0 aromatic carbocycles. The maximum atomic E-state index is 12.7. The summed E-state index contributed by atoms with van der Waals surface area (Å²) in [6.07, 6.45) is 4.99. The quantitative estimate of drug-likeness (QED) is 0.838. The molecular formula is C18H26N6O. The topological polar surface area (TPSA) is 64.9 Å². The smallest absolute Gasteiger partial charge is 0.249 e. The third-order valence-corrected chi connectivity index (χ3v) is 5.30. The van der Waals surface area contributed by atoms with Crippen LogP contribution in [0.5, 0.6) is 0 Å². The van der Waals surface area contributed by atoms with Crippen molar-refractivity contribution < 1.29 is 4.79 Å². The first-order valence-corrected chi connectivity index (χ1v) is 9.27. The van der Waals surface area contributed by atoms with Crippen molar-refractivity contribution in [3.05, 3.63) is 6.20 Å². The Morgan fingerprint density at radius 1 is 1.32 bits per heavy atom. The average Bonchev–Trinajstić information content (AvgIpc) is 3.33. The van der Waals surface area contributed by atoms with Crippen molar-refractivity contribution in [2.75, 3.05) is 34.8 Å². The molecule has 2 aliphatic heterocycles. The standard InChI is InChI=1S/C18H26N6O/c1-5-13-17(25)22(4)14-10-20-18(21-16(14)24(13)11(2)3)23-9-8-19-15(23)12-6-7-12/h10-13H,5-9H2,1-4H3. The molecule has 7 nitrogen and oxygen atoms in total. The van der Waals surface area contributed by atoms with Crippen LogP contribution in [0.15, 0.2) is 11.2 Å². The number of amidine groups is 1. The lowest BCUT2D eigenvalue weighted by Crippen LogP contribution is -2.55. The summed E-state index contributed by atoms with van der Waals surface area (Å²) in [5, 5.41) is 0. The summed E-state index contributed by atoms with van der Waals surface area (Å²) in [4.78, 5) is 32.9. The number of likely N-dealkylation sites (N-methyl/N-ethyl adjacent to an activating group) is 1. The van der Waals surface area contributed by atoms with Gasteiger partial charge >= 0.3 is 0 Å². The van der Waals surface area contributed by atoms with E-state index in [2.05, 4.69) is 40.5 Å². The largest absolute Gasteiger partial charge is 0.340 e. The second-order valence-electron chi connectivity index (χ2n) is 7.37. The molecule has 0 N–H and O–H groups in total. The second-order valence-corrected chi connectivity index (χ2v) is 7.37. The lowest BCUT2D eigenvalue weighted by molar-refractivity contribution is -0.120. The number of aliphatic imine (C=N–C) groups is 1. The average molecular weight is 342 g/mol. The van der Waals surface area contributed by atoms with Gasteiger partial charge < -0.3 is 9.80 Å². The molecule has 1 unspecified atom stereocenters. The van der Waals surface area contributed by atoms with Crippen molar-refractivity contribution in [1.29, 1.82) is 0 Å². The maximum absolute atomic E-state index is 12.7. The third kappa shape index (κ3) is 2.56. The molecule has 4 rings (SSSR count). The van der Waals surface area contributed by atoms with Crippen LogP contribution < -0.4 is 14.7 Å². The lowest BCUT2D eigenvalue weighted by atomic mass is 10.1. The van der Waals surface area contributed by atoms with Crippen LogP contribution in [-0.4, -0.2) is 53.9 Å². The molecule has 1 fully saturated rings. The van der Waals surface area contributed by atoms with Crippen molar-refractivity contribution in [2.24, 2.45) is 10.9 Å². The molecule has 1 atom stereocenters. The summed E-state index contributed by atoms with van der Waals surface area (Å²) in [5.74, 6) is 3.40. The maximum Gasteiger partial charge on any atom is 0.249 e. The van der Waals surface area contributed by atoms with Crippen LogP contribution in [0.1, 0.15) is 40.0 Å². The predicted molar refractivity (Wildman–Crippen MR) is 99.5 cm³/mol. The van der Waals surface area contributed by atoms with Crippen LogP contribution in [0, 0.1) is 5.92 Å². The Morgan fingerprint density at radius 2 is 2.08 bits per heavy atom. The van der Waals surface area contributed by atoms with E-state index in [1.807, 2.05) is 7.05 Å². The highest BCUT2D eigenvalue weighted by atomic mass is 16.2. The first-order chi connectivity index (χ1) is 12.0. The molecule has 3 aliphatic rings. The van der Waals surface area contributed by atoms with Gasteiger partial charge in [0.05, 0.1) is 12.7 Å². The van der Waals surface area contributed by atoms with Gasteiger partial charge in [0, 0.05) is 25.6 Å². The number of fused-ring (bicyclic) bond motifs is 1. The fraction of sp³-hybridized carbons (Fsp3) is 0.667. The number of anilines is 3. The molecule has 25 heavy (non-hydrogen) atoms. The van der Waals surface area contributed by atoms with Crippen LogP contribution in [0.25, 0.3) is 0 Å². The van der Waals surface area contributed by atoms with Crippen LogP contribution in [0.3, 0.4) is 0 Å². The zero-order valence-electron chi connectivity index (χ0n) is 15.4. The van der Waals surface area contributed by atoms with Gasteiger partial charge in [-0.25, -0.2) is 4.98 Å². The van der Waals surface area contributed by atoms with Crippen LogP contribution in [0.4, 0.5) is 17.5 Å². The number of carbonyl (C=O) groups excluding carboxylic acids is 1. The van der Waals surface area contributed by atoms with E-state index < -0.39 is 0 Å². The minimum absolute atomic E-state index is 0.112.